The number of carbonyl (C=O) groups is 1. The van der Waals surface area contributed by atoms with Gasteiger partial charge < -0.3 is 5.73 Å². The first kappa shape index (κ1) is 9.83. The maximum absolute atomic E-state index is 13.5. The number of fused-ring (bicyclic) bond motifs is 3. The predicted octanol–water partition coefficient (Wildman–Crippen LogP) is 0.660. The minimum absolute atomic E-state index is 0.105. The van der Waals surface area contributed by atoms with Crippen LogP contribution in [0.25, 0.3) is 0 Å². The summed E-state index contributed by atoms with van der Waals surface area (Å²) in [6.07, 6.45) is 5.89. The van der Waals surface area contributed by atoms with E-state index in [1.54, 1.807) is 12.2 Å². The zero-order chi connectivity index (χ0) is 12.0. The maximum Gasteiger partial charge on any atom is 0.283 e. The Labute approximate surface area is 95.7 Å². The second kappa shape index (κ2) is 3.31. The third-order valence-corrected chi connectivity index (χ3v) is 2.67. The number of amides is 1. The van der Waals surface area contributed by atoms with Crippen molar-refractivity contribution >= 4 is 23.3 Å². The summed E-state index contributed by atoms with van der Waals surface area (Å²) in [4.78, 5) is 23.0. The Bertz CT molecular complexity index is 607. The number of nitrogens with two attached hydrogens (primary N) is 1. The summed E-state index contributed by atoms with van der Waals surface area (Å²) < 4.78 is 13.5. The molecule has 3 aliphatic rings. The fraction of sp³-hybridized carbons (Fsp3) is 0.0909. The van der Waals surface area contributed by atoms with Gasteiger partial charge in [0.1, 0.15) is 5.83 Å². The zero-order valence-electron chi connectivity index (χ0n) is 8.59. The highest BCUT2D eigenvalue weighted by molar-refractivity contribution is 6.36. The van der Waals surface area contributed by atoms with Crippen LogP contribution >= 0.6 is 0 Å². The molecule has 0 radical (unpaired) electrons. The van der Waals surface area contributed by atoms with Crippen LogP contribution in [0.3, 0.4) is 0 Å². The van der Waals surface area contributed by atoms with Gasteiger partial charge in [0.25, 0.3) is 5.91 Å². The number of hydrogen-bond donors (Lipinski definition) is 1. The Morgan fingerprint density at radius 3 is 2.94 bits per heavy atom. The quantitative estimate of drug-likeness (QED) is 0.663. The molecule has 0 bridgehead atoms. The van der Waals surface area contributed by atoms with E-state index >= 15 is 0 Å². The molecule has 5 nitrogen and oxygen atoms in total. The number of guanidine groups is 1. The molecule has 2 aliphatic heterocycles. The van der Waals surface area contributed by atoms with E-state index in [1.165, 1.54) is 12.3 Å². The molecule has 0 aromatic carbocycles. The van der Waals surface area contributed by atoms with Crippen LogP contribution < -0.4 is 5.73 Å². The van der Waals surface area contributed by atoms with Gasteiger partial charge in [-0.3, -0.25) is 9.79 Å². The van der Waals surface area contributed by atoms with Crippen molar-refractivity contribution in [3.63, 3.8) is 0 Å². The van der Waals surface area contributed by atoms with Crippen molar-refractivity contribution in [3.05, 3.63) is 35.8 Å². The molecule has 0 fully saturated rings. The SMILES string of the molecule is NC1=NC(=O)C2=CN=C3C(F)=CC=CC3C2=N1. The van der Waals surface area contributed by atoms with Crippen molar-refractivity contribution in [1.82, 2.24) is 0 Å². The van der Waals surface area contributed by atoms with Crippen molar-refractivity contribution in [2.45, 2.75) is 0 Å². The number of hydrogen-bond acceptors (Lipinski definition) is 4. The minimum atomic E-state index is -0.487. The molecule has 1 unspecified atom stereocenters. The van der Waals surface area contributed by atoms with Crippen LogP contribution in [0.4, 0.5) is 4.39 Å². The number of allylic oxidation sites excluding steroid dienone is 4. The standard InChI is InChI=1S/C11H7FN4O/c12-7-3-1-2-5-8-6(4-14-9(5)7)10(17)16-11(13)15-8/h1-5H,(H2,13,16,17). The summed E-state index contributed by atoms with van der Waals surface area (Å²) in [5, 5.41) is 0. The third-order valence-electron chi connectivity index (χ3n) is 2.67. The number of rotatable bonds is 0. The molecule has 84 valence electrons. The largest absolute Gasteiger partial charge is 0.368 e. The topological polar surface area (TPSA) is 80.2 Å². The van der Waals surface area contributed by atoms with E-state index in [0.717, 1.165) is 0 Å². The normalized spacial score (nSPS) is 26.1. The van der Waals surface area contributed by atoms with E-state index in [1.807, 2.05) is 0 Å². The molecule has 2 heterocycles. The van der Waals surface area contributed by atoms with Gasteiger partial charge in [-0.05, 0) is 6.08 Å². The molecule has 2 N–H and O–H groups in total. The summed E-state index contributed by atoms with van der Waals surface area (Å²) in [6, 6.07) is 0. The van der Waals surface area contributed by atoms with E-state index in [0.29, 0.717) is 5.71 Å². The van der Waals surface area contributed by atoms with Crippen LogP contribution in [0, 0.1) is 5.92 Å². The van der Waals surface area contributed by atoms with E-state index in [2.05, 4.69) is 15.0 Å². The van der Waals surface area contributed by atoms with Gasteiger partial charge >= 0.3 is 0 Å². The molecule has 1 atom stereocenters. The van der Waals surface area contributed by atoms with Crippen molar-refractivity contribution in [2.24, 2.45) is 26.6 Å². The maximum atomic E-state index is 13.5. The molecular weight excluding hydrogens is 223 g/mol. The second-order valence-corrected chi connectivity index (χ2v) is 3.71. The Hall–Kier alpha value is -2.37. The van der Waals surface area contributed by atoms with E-state index in [9.17, 15) is 9.18 Å². The molecule has 1 amide bonds. The van der Waals surface area contributed by atoms with Gasteiger partial charge in [0.2, 0.25) is 5.96 Å². The van der Waals surface area contributed by atoms with Crippen LogP contribution in [-0.2, 0) is 4.79 Å². The molecule has 0 aromatic heterocycles. The lowest BCUT2D eigenvalue weighted by Gasteiger charge is -2.24. The summed E-state index contributed by atoms with van der Waals surface area (Å²) in [5.41, 5.74) is 6.36. The lowest BCUT2D eigenvalue weighted by Crippen LogP contribution is -2.35. The third kappa shape index (κ3) is 1.37. The van der Waals surface area contributed by atoms with Crippen LogP contribution in [0.2, 0.25) is 0 Å². The molecule has 6 heteroatoms. The highest BCUT2D eigenvalue weighted by Crippen LogP contribution is 2.27. The molecule has 0 spiro atoms. The first-order chi connectivity index (χ1) is 8.16. The molecular formula is C11H7FN4O. The molecule has 0 saturated carbocycles. The van der Waals surface area contributed by atoms with Crippen molar-refractivity contribution < 1.29 is 9.18 Å². The molecule has 1 aliphatic carbocycles. The highest BCUT2D eigenvalue weighted by atomic mass is 19.1. The monoisotopic (exact) mass is 230 g/mol. The van der Waals surface area contributed by atoms with Gasteiger partial charge in [-0.2, -0.15) is 4.99 Å². The average Bonchev–Trinajstić information content (AvgIpc) is 2.29. The van der Waals surface area contributed by atoms with Gasteiger partial charge in [0.15, 0.2) is 0 Å². The molecule has 3 rings (SSSR count). The van der Waals surface area contributed by atoms with Crippen molar-refractivity contribution in [2.75, 3.05) is 0 Å². The predicted molar refractivity (Wildman–Crippen MR) is 61.4 cm³/mol. The van der Waals surface area contributed by atoms with Gasteiger partial charge in [-0.1, -0.05) is 12.2 Å². The van der Waals surface area contributed by atoms with Crippen LogP contribution in [0.1, 0.15) is 0 Å². The fourth-order valence-electron chi connectivity index (χ4n) is 1.91. The Kier molecular flexibility index (Phi) is 1.91. The minimum Gasteiger partial charge on any atom is -0.368 e. The average molecular weight is 230 g/mol. The van der Waals surface area contributed by atoms with E-state index in [4.69, 9.17) is 5.73 Å². The van der Waals surface area contributed by atoms with Gasteiger partial charge in [-0.15, -0.1) is 0 Å². The molecule has 0 saturated heterocycles. The summed E-state index contributed by atoms with van der Waals surface area (Å²) >= 11 is 0. The number of halogens is 1. The van der Waals surface area contributed by atoms with Crippen LogP contribution in [0.5, 0.6) is 0 Å². The van der Waals surface area contributed by atoms with Crippen LogP contribution in [0.15, 0.2) is 50.8 Å². The summed E-state index contributed by atoms with van der Waals surface area (Å²) in [6.45, 7) is 0. The van der Waals surface area contributed by atoms with Crippen molar-refractivity contribution in [3.8, 4) is 0 Å². The first-order valence-corrected chi connectivity index (χ1v) is 4.96. The van der Waals surface area contributed by atoms with E-state index < -0.39 is 17.7 Å². The second-order valence-electron chi connectivity index (χ2n) is 3.71. The first-order valence-electron chi connectivity index (χ1n) is 4.96. The summed E-state index contributed by atoms with van der Waals surface area (Å²) in [5.74, 6) is -1.48. The van der Waals surface area contributed by atoms with Gasteiger partial charge in [0, 0.05) is 6.20 Å². The lowest BCUT2D eigenvalue weighted by molar-refractivity contribution is -0.114. The Morgan fingerprint density at radius 1 is 1.29 bits per heavy atom. The van der Waals surface area contributed by atoms with Crippen LogP contribution in [-0.4, -0.2) is 23.3 Å². The molecule has 17 heavy (non-hydrogen) atoms. The highest BCUT2D eigenvalue weighted by Gasteiger charge is 2.34. The van der Waals surface area contributed by atoms with E-state index in [-0.39, 0.29) is 17.2 Å². The van der Waals surface area contributed by atoms with Crippen molar-refractivity contribution in [1.29, 1.82) is 0 Å². The summed E-state index contributed by atoms with van der Waals surface area (Å²) in [7, 11) is 0. The Balaban J connectivity index is 2.17. The van der Waals surface area contributed by atoms with Gasteiger partial charge in [0.05, 0.1) is 22.9 Å². The van der Waals surface area contributed by atoms with Gasteiger partial charge in [-0.25, -0.2) is 9.38 Å². The Morgan fingerprint density at radius 2 is 2.12 bits per heavy atom. The number of nitrogens with zero attached hydrogens (tertiary/aromatic N) is 3. The zero-order valence-corrected chi connectivity index (χ0v) is 8.59. The molecule has 0 aromatic rings. The number of aliphatic imine (C=N–C) groups is 3. The number of carbonyl (C=O) groups excluding carboxylic acids is 1. The smallest absolute Gasteiger partial charge is 0.283 e. The fourth-order valence-corrected chi connectivity index (χ4v) is 1.91. The lowest BCUT2D eigenvalue weighted by atomic mass is 9.86.